The van der Waals surface area contributed by atoms with Crippen molar-refractivity contribution in [2.24, 2.45) is 0 Å². The van der Waals surface area contributed by atoms with E-state index in [0.717, 1.165) is 11.3 Å². The molecular formula is C25H23N5O3S. The zero-order valence-electron chi connectivity index (χ0n) is 18.6. The van der Waals surface area contributed by atoms with Gasteiger partial charge in [-0.3, -0.25) is 19.1 Å². The number of anilines is 1. The van der Waals surface area contributed by atoms with Crippen LogP contribution in [0.4, 0.5) is 5.69 Å². The summed E-state index contributed by atoms with van der Waals surface area (Å²) in [6.07, 6.45) is 3.39. The fourth-order valence-corrected chi connectivity index (χ4v) is 4.16. The summed E-state index contributed by atoms with van der Waals surface area (Å²) in [6.45, 7) is 1.83. The van der Waals surface area contributed by atoms with E-state index in [2.05, 4.69) is 15.2 Å². The molecule has 0 spiro atoms. The van der Waals surface area contributed by atoms with Gasteiger partial charge in [0.2, 0.25) is 5.91 Å². The van der Waals surface area contributed by atoms with E-state index in [1.807, 2.05) is 65.2 Å². The number of carbonyl (C=O) groups excluding carboxylic acids is 2. The highest BCUT2D eigenvalue weighted by Gasteiger charge is 2.22. The number of pyridine rings is 1. The quantitative estimate of drug-likeness (QED) is 0.268. The Morgan fingerprint density at radius 2 is 1.62 bits per heavy atom. The maximum Gasteiger partial charge on any atom is 0.326 e. The van der Waals surface area contributed by atoms with Crippen molar-refractivity contribution in [2.75, 3.05) is 23.8 Å². The molecule has 0 aliphatic rings. The number of hydrogen-bond donors (Lipinski definition) is 0. The van der Waals surface area contributed by atoms with E-state index in [1.54, 1.807) is 31.5 Å². The predicted molar refractivity (Wildman–Crippen MR) is 131 cm³/mol. The lowest BCUT2D eigenvalue weighted by molar-refractivity contribution is -0.142. The van der Waals surface area contributed by atoms with Gasteiger partial charge in [-0.1, -0.05) is 48.2 Å². The minimum atomic E-state index is -0.461. The fourth-order valence-electron chi connectivity index (χ4n) is 3.33. The highest BCUT2D eigenvalue weighted by molar-refractivity contribution is 7.99. The second kappa shape index (κ2) is 11.2. The summed E-state index contributed by atoms with van der Waals surface area (Å²) < 4.78 is 6.97. The second-order valence-corrected chi connectivity index (χ2v) is 8.06. The van der Waals surface area contributed by atoms with Gasteiger partial charge in [0.15, 0.2) is 11.0 Å². The van der Waals surface area contributed by atoms with E-state index in [4.69, 9.17) is 4.74 Å². The zero-order chi connectivity index (χ0) is 23.8. The molecule has 1 amide bonds. The van der Waals surface area contributed by atoms with E-state index in [1.165, 1.54) is 16.7 Å². The van der Waals surface area contributed by atoms with Gasteiger partial charge in [0.1, 0.15) is 6.54 Å². The first kappa shape index (κ1) is 23.2. The van der Waals surface area contributed by atoms with E-state index in [9.17, 15) is 9.59 Å². The van der Waals surface area contributed by atoms with Crippen molar-refractivity contribution in [1.82, 2.24) is 19.7 Å². The Morgan fingerprint density at radius 3 is 2.29 bits per heavy atom. The lowest BCUT2D eigenvalue weighted by Gasteiger charge is -2.21. The number of thioether (sulfide) groups is 1. The largest absolute Gasteiger partial charge is 0.465 e. The summed E-state index contributed by atoms with van der Waals surface area (Å²) in [4.78, 5) is 30.9. The van der Waals surface area contributed by atoms with Crippen molar-refractivity contribution in [3.05, 3.63) is 85.2 Å². The molecule has 4 aromatic rings. The average molecular weight is 474 g/mol. The van der Waals surface area contributed by atoms with Crippen LogP contribution in [0.5, 0.6) is 0 Å². The normalized spacial score (nSPS) is 10.6. The minimum absolute atomic E-state index is 0.0651. The predicted octanol–water partition coefficient (Wildman–Crippen LogP) is 4.02. The monoisotopic (exact) mass is 473 g/mol. The van der Waals surface area contributed by atoms with Crippen LogP contribution >= 0.6 is 11.8 Å². The Kier molecular flexibility index (Phi) is 7.67. The van der Waals surface area contributed by atoms with Crippen molar-refractivity contribution in [1.29, 1.82) is 0 Å². The van der Waals surface area contributed by atoms with Crippen molar-refractivity contribution < 1.29 is 14.3 Å². The molecule has 0 saturated carbocycles. The Hall–Kier alpha value is -3.98. The summed E-state index contributed by atoms with van der Waals surface area (Å²) in [5, 5.41) is 9.30. The molecular weight excluding hydrogens is 450 g/mol. The van der Waals surface area contributed by atoms with Gasteiger partial charge in [0.25, 0.3) is 0 Å². The standard InChI is InChI=1S/C25H23N5O3S/c1-2-33-23(32)17-29(20-9-5-3-6-10-20)22(31)18-34-25-28-27-24(19-13-15-26-16-14-19)30(25)21-11-7-4-8-12-21/h3-16H,2,17-18H2,1H3. The van der Waals surface area contributed by atoms with E-state index in [0.29, 0.717) is 16.7 Å². The van der Waals surface area contributed by atoms with Gasteiger partial charge in [-0.2, -0.15) is 0 Å². The molecule has 0 aliphatic heterocycles. The first-order chi connectivity index (χ1) is 16.7. The Bertz CT molecular complexity index is 1230. The third kappa shape index (κ3) is 5.49. The van der Waals surface area contributed by atoms with Gasteiger partial charge < -0.3 is 9.64 Å². The number of rotatable bonds is 9. The average Bonchev–Trinajstić information content (AvgIpc) is 3.31. The molecule has 0 aliphatic carbocycles. The van der Waals surface area contributed by atoms with E-state index in [-0.39, 0.29) is 24.8 Å². The molecule has 0 N–H and O–H groups in total. The highest BCUT2D eigenvalue weighted by atomic mass is 32.2. The molecule has 9 heteroatoms. The molecule has 0 unspecified atom stereocenters. The number of benzene rings is 2. The third-order valence-electron chi connectivity index (χ3n) is 4.87. The number of aromatic nitrogens is 4. The number of hydrogen-bond acceptors (Lipinski definition) is 7. The minimum Gasteiger partial charge on any atom is -0.465 e. The molecule has 0 saturated heterocycles. The molecule has 34 heavy (non-hydrogen) atoms. The van der Waals surface area contributed by atoms with Crippen LogP contribution in [-0.2, 0) is 14.3 Å². The van der Waals surface area contributed by atoms with Gasteiger partial charge in [-0.15, -0.1) is 10.2 Å². The van der Waals surface area contributed by atoms with Crippen molar-refractivity contribution in [3.63, 3.8) is 0 Å². The lowest BCUT2D eigenvalue weighted by atomic mass is 10.2. The molecule has 8 nitrogen and oxygen atoms in total. The number of nitrogens with zero attached hydrogens (tertiary/aromatic N) is 5. The summed E-state index contributed by atoms with van der Waals surface area (Å²) in [5.74, 6) is 0.0136. The summed E-state index contributed by atoms with van der Waals surface area (Å²) in [7, 11) is 0. The van der Waals surface area contributed by atoms with Gasteiger partial charge in [0, 0.05) is 29.3 Å². The van der Waals surface area contributed by atoms with Crippen molar-refractivity contribution in [2.45, 2.75) is 12.1 Å². The first-order valence-electron chi connectivity index (χ1n) is 10.7. The summed E-state index contributed by atoms with van der Waals surface area (Å²) >= 11 is 1.26. The van der Waals surface area contributed by atoms with Gasteiger partial charge in [-0.05, 0) is 43.3 Å². The Balaban J connectivity index is 1.60. The number of esters is 1. The van der Waals surface area contributed by atoms with Crippen molar-refractivity contribution in [3.8, 4) is 17.1 Å². The van der Waals surface area contributed by atoms with Crippen molar-refractivity contribution >= 4 is 29.3 Å². The van der Waals surface area contributed by atoms with Crippen LogP contribution in [0.25, 0.3) is 17.1 Å². The van der Waals surface area contributed by atoms with E-state index < -0.39 is 5.97 Å². The zero-order valence-corrected chi connectivity index (χ0v) is 19.4. The SMILES string of the molecule is CCOC(=O)CN(C(=O)CSc1nnc(-c2ccncc2)n1-c1ccccc1)c1ccccc1. The van der Waals surface area contributed by atoms with Crippen LogP contribution in [-0.4, -0.2) is 50.5 Å². The molecule has 0 atom stereocenters. The van der Waals surface area contributed by atoms with Crippen LogP contribution in [0.2, 0.25) is 0 Å². The molecule has 0 fully saturated rings. The Labute approximate surface area is 201 Å². The van der Waals surface area contributed by atoms with E-state index >= 15 is 0 Å². The molecule has 2 aromatic heterocycles. The molecule has 0 radical (unpaired) electrons. The molecule has 0 bridgehead atoms. The molecule has 2 aromatic carbocycles. The van der Waals surface area contributed by atoms with Crippen LogP contribution in [0.15, 0.2) is 90.3 Å². The lowest BCUT2D eigenvalue weighted by Crippen LogP contribution is -2.37. The van der Waals surface area contributed by atoms with Crippen LogP contribution in [0, 0.1) is 0 Å². The summed E-state index contributed by atoms with van der Waals surface area (Å²) in [6, 6.07) is 22.5. The molecule has 2 heterocycles. The summed E-state index contributed by atoms with van der Waals surface area (Å²) in [5.41, 5.74) is 2.36. The number of carbonyl (C=O) groups is 2. The van der Waals surface area contributed by atoms with Gasteiger partial charge in [-0.25, -0.2) is 0 Å². The van der Waals surface area contributed by atoms with Crippen LogP contribution < -0.4 is 4.90 Å². The smallest absolute Gasteiger partial charge is 0.326 e. The van der Waals surface area contributed by atoms with Crippen LogP contribution in [0.3, 0.4) is 0 Å². The third-order valence-corrected chi connectivity index (χ3v) is 5.79. The van der Waals surface area contributed by atoms with Crippen LogP contribution in [0.1, 0.15) is 6.92 Å². The molecule has 172 valence electrons. The second-order valence-electron chi connectivity index (χ2n) is 7.12. The Morgan fingerprint density at radius 1 is 0.941 bits per heavy atom. The van der Waals surface area contributed by atoms with Gasteiger partial charge in [0.05, 0.1) is 12.4 Å². The maximum atomic E-state index is 13.2. The number of amides is 1. The van der Waals surface area contributed by atoms with Gasteiger partial charge >= 0.3 is 5.97 Å². The molecule has 4 rings (SSSR count). The number of ether oxygens (including phenoxy) is 1. The topological polar surface area (TPSA) is 90.2 Å². The first-order valence-corrected chi connectivity index (χ1v) is 11.7. The maximum absolute atomic E-state index is 13.2. The highest BCUT2D eigenvalue weighted by Crippen LogP contribution is 2.28. The fraction of sp³-hybridized carbons (Fsp3) is 0.160. The number of para-hydroxylation sites is 2.